The topological polar surface area (TPSA) is 222 Å². The summed E-state index contributed by atoms with van der Waals surface area (Å²) in [5, 5.41) is 18.5. The number of nitrogens with zero attached hydrogens (tertiary/aromatic N) is 5. The first-order valence-corrected chi connectivity index (χ1v) is 28.8. The highest BCUT2D eigenvalue weighted by Crippen LogP contribution is 2.40. The molecule has 394 valence electrons. The van der Waals surface area contributed by atoms with Gasteiger partial charge in [0.2, 0.25) is 0 Å². The summed E-state index contributed by atoms with van der Waals surface area (Å²) in [5.41, 5.74) is 1.08. The molecule has 0 amide bonds. The van der Waals surface area contributed by atoms with Gasteiger partial charge >= 0.3 is 0 Å². The minimum atomic E-state index is -4.27. The number of ether oxygens (including phenoxy) is 2. The minimum Gasteiger partial charge on any atom is -0.485 e. The molecule has 2 atom stereocenters. The monoisotopic (exact) mass is 1130 g/mol. The molecular formula is C53H45Cl2F2N5O11S3. The molecule has 0 aliphatic carbocycles. The van der Waals surface area contributed by atoms with Crippen molar-refractivity contribution in [1.29, 1.82) is 10.5 Å². The van der Waals surface area contributed by atoms with Gasteiger partial charge in [-0.25, -0.2) is 25.6 Å². The first-order chi connectivity index (χ1) is 36.1. The standard InChI is InChI=1S/C28H25ClFN3O4S.C25H20ClFN2O7S2/c29-23-7-4-8-24(30)28(23)26(34)15-19-9-10-27-25(14-19)33(18-21(37-27)17-32-11-1-2-12-32)38(35,36)22-6-3-5-20(13-22)16-31;1-37(31,32)35-15-18-14-29(38(33,34)19-5-2-4-17(10-19)13-28)22-11-16(8-9-24(22)36-18)12-23(30)25-20(26)6-3-7-21(25)27/h3-10,13-14,21H,1-2,11-12,15,17-18H2;2-11,18H,12,14-15H2,1H3/t21-;18-/m01/s1. The average molecular weight is 1130 g/mol. The molecule has 0 unspecified atom stereocenters. The van der Waals surface area contributed by atoms with Gasteiger partial charge in [0, 0.05) is 19.4 Å². The molecule has 1 fully saturated rings. The molecule has 16 nitrogen and oxygen atoms in total. The van der Waals surface area contributed by atoms with Crippen LogP contribution in [0.1, 0.15) is 55.8 Å². The average Bonchev–Trinajstić information content (AvgIpc) is 3.92. The molecule has 76 heavy (non-hydrogen) atoms. The van der Waals surface area contributed by atoms with Crippen LogP contribution in [0.2, 0.25) is 10.0 Å². The number of anilines is 2. The van der Waals surface area contributed by atoms with Crippen molar-refractivity contribution in [3.05, 3.63) is 176 Å². The van der Waals surface area contributed by atoms with E-state index in [2.05, 4.69) is 4.90 Å². The largest absolute Gasteiger partial charge is 0.485 e. The summed E-state index contributed by atoms with van der Waals surface area (Å²) >= 11 is 12.1. The molecule has 3 heterocycles. The highest BCUT2D eigenvalue weighted by molar-refractivity contribution is 7.93. The number of benzene rings is 6. The van der Waals surface area contributed by atoms with Crippen LogP contribution >= 0.6 is 23.2 Å². The predicted octanol–water partition coefficient (Wildman–Crippen LogP) is 8.54. The Morgan fingerprint density at radius 3 is 1.50 bits per heavy atom. The number of carbonyl (C=O) groups is 2. The van der Waals surface area contributed by atoms with Crippen LogP contribution in [0.25, 0.3) is 0 Å². The molecule has 3 aliphatic rings. The number of hydrogen-bond acceptors (Lipinski definition) is 14. The van der Waals surface area contributed by atoms with Gasteiger partial charge < -0.3 is 9.47 Å². The highest BCUT2D eigenvalue weighted by Gasteiger charge is 2.38. The number of carbonyl (C=O) groups excluding carboxylic acids is 2. The molecule has 0 radical (unpaired) electrons. The smallest absolute Gasteiger partial charge is 0.264 e. The minimum absolute atomic E-state index is 0.0102. The summed E-state index contributed by atoms with van der Waals surface area (Å²) in [5.74, 6) is -2.15. The Bertz CT molecular complexity index is 3640. The predicted molar refractivity (Wildman–Crippen MR) is 278 cm³/mol. The lowest BCUT2D eigenvalue weighted by molar-refractivity contribution is 0.0980. The lowest BCUT2D eigenvalue weighted by atomic mass is 10.0. The maximum atomic E-state index is 14.3. The number of ketones is 2. The number of likely N-dealkylation sites (tertiary alicyclic amines) is 1. The molecule has 23 heteroatoms. The Morgan fingerprint density at radius 1 is 0.632 bits per heavy atom. The summed E-state index contributed by atoms with van der Waals surface area (Å²) in [4.78, 5) is 27.8. The molecule has 6 aromatic carbocycles. The van der Waals surface area contributed by atoms with Crippen LogP contribution < -0.4 is 18.1 Å². The number of fused-ring (bicyclic) bond motifs is 2. The summed E-state index contributed by atoms with van der Waals surface area (Å²) in [6.07, 6.45) is 1.19. The van der Waals surface area contributed by atoms with Gasteiger partial charge in [0.15, 0.2) is 11.6 Å². The van der Waals surface area contributed by atoms with Gasteiger partial charge in [0.25, 0.3) is 30.2 Å². The van der Waals surface area contributed by atoms with Gasteiger partial charge in [0.1, 0.15) is 41.9 Å². The normalized spacial score (nSPS) is 16.4. The van der Waals surface area contributed by atoms with E-state index in [0.717, 1.165) is 42.6 Å². The van der Waals surface area contributed by atoms with E-state index in [1.807, 2.05) is 12.1 Å². The first kappa shape index (κ1) is 55.3. The zero-order valence-corrected chi connectivity index (χ0v) is 44.2. The summed E-state index contributed by atoms with van der Waals surface area (Å²) < 4.78 is 126. The Kier molecular flexibility index (Phi) is 16.8. The second-order valence-corrected chi connectivity index (χ2v) is 24.0. The van der Waals surface area contributed by atoms with Crippen LogP contribution in [-0.2, 0) is 47.2 Å². The number of nitriles is 2. The molecule has 0 spiro atoms. The van der Waals surface area contributed by atoms with Gasteiger partial charge in [-0.2, -0.15) is 18.9 Å². The van der Waals surface area contributed by atoms with Crippen molar-refractivity contribution in [1.82, 2.24) is 4.90 Å². The zero-order valence-electron chi connectivity index (χ0n) is 40.2. The molecule has 0 aromatic heterocycles. The van der Waals surface area contributed by atoms with Crippen LogP contribution in [0.5, 0.6) is 11.5 Å². The van der Waals surface area contributed by atoms with Gasteiger partial charge in [0.05, 0.1) is 84.9 Å². The van der Waals surface area contributed by atoms with Crippen LogP contribution in [-0.4, -0.2) is 99.5 Å². The summed E-state index contributed by atoms with van der Waals surface area (Å²) in [6, 6.07) is 32.3. The van der Waals surface area contributed by atoms with Gasteiger partial charge in [-0.3, -0.25) is 27.3 Å². The quantitative estimate of drug-likeness (QED) is 0.0695. The van der Waals surface area contributed by atoms with Gasteiger partial charge in [-0.15, -0.1) is 0 Å². The zero-order chi connectivity index (χ0) is 54.5. The van der Waals surface area contributed by atoms with E-state index in [1.165, 1.54) is 95.3 Å². The number of rotatable bonds is 15. The van der Waals surface area contributed by atoms with Crippen LogP contribution in [0.15, 0.2) is 131 Å². The van der Waals surface area contributed by atoms with E-state index in [-0.39, 0.29) is 85.1 Å². The second kappa shape index (κ2) is 23.1. The fraction of sp³-hybridized carbons (Fsp3) is 0.245. The van der Waals surface area contributed by atoms with E-state index in [4.69, 9.17) is 36.9 Å². The first-order valence-electron chi connectivity index (χ1n) is 23.3. The summed E-state index contributed by atoms with van der Waals surface area (Å²) in [6.45, 7) is 1.74. The maximum Gasteiger partial charge on any atom is 0.264 e. The molecule has 0 N–H and O–H groups in total. The third kappa shape index (κ3) is 12.7. The number of hydrogen-bond donors (Lipinski definition) is 0. The van der Waals surface area contributed by atoms with Crippen molar-refractivity contribution in [2.45, 2.75) is 47.7 Å². The number of sulfonamides is 2. The van der Waals surface area contributed by atoms with Crippen molar-refractivity contribution in [2.24, 2.45) is 0 Å². The van der Waals surface area contributed by atoms with E-state index in [9.17, 15) is 54.1 Å². The molecule has 0 saturated carbocycles. The molecule has 1 saturated heterocycles. The van der Waals surface area contributed by atoms with Crippen molar-refractivity contribution >= 4 is 76.3 Å². The third-order valence-corrected chi connectivity index (χ3v) is 17.1. The van der Waals surface area contributed by atoms with E-state index in [0.29, 0.717) is 23.4 Å². The molecular weight excluding hydrogens is 1090 g/mol. The SMILES string of the molecule is CS(=O)(=O)OC[C@H]1CN(S(=O)(=O)c2cccc(C#N)c2)c2cc(CC(=O)c3c(F)cccc3Cl)ccc2O1.N#Cc1cccc(S(=O)(=O)N2C[C@H](CN3CCCC3)Oc3ccc(CC(=O)c4c(F)cccc4Cl)cc32)c1. The third-order valence-electron chi connectivity index (χ3n) is 12.4. The van der Waals surface area contributed by atoms with E-state index in [1.54, 1.807) is 24.3 Å². The number of Topliss-reactive ketones (excluding diaryl/α,β-unsaturated/α-hetero) is 2. The van der Waals surface area contributed by atoms with Crippen molar-refractivity contribution in [3.8, 4) is 23.6 Å². The van der Waals surface area contributed by atoms with Crippen LogP contribution in [0, 0.1) is 34.3 Å². The highest BCUT2D eigenvalue weighted by atomic mass is 35.5. The maximum absolute atomic E-state index is 14.3. The Balaban J connectivity index is 0.000000201. The van der Waals surface area contributed by atoms with Gasteiger partial charge in [-0.1, -0.05) is 59.6 Å². The Labute approximate surface area is 448 Å². The van der Waals surface area contributed by atoms with Crippen LogP contribution in [0.3, 0.4) is 0 Å². The molecule has 6 aromatic rings. The molecule has 3 aliphatic heterocycles. The van der Waals surface area contributed by atoms with Crippen LogP contribution in [0.4, 0.5) is 20.2 Å². The van der Waals surface area contributed by atoms with Crippen molar-refractivity contribution < 1.29 is 57.3 Å². The fourth-order valence-electron chi connectivity index (χ4n) is 8.81. The second-order valence-electron chi connectivity index (χ2n) is 17.8. The molecule has 0 bridgehead atoms. The summed E-state index contributed by atoms with van der Waals surface area (Å²) in [7, 11) is -12.2. The van der Waals surface area contributed by atoms with Crippen molar-refractivity contribution in [2.75, 3.05) is 54.2 Å². The van der Waals surface area contributed by atoms with E-state index >= 15 is 0 Å². The fourth-order valence-corrected chi connectivity index (χ4v) is 12.8. The van der Waals surface area contributed by atoms with Gasteiger partial charge in [-0.05, 0) is 122 Å². The molecule has 9 rings (SSSR count). The lowest BCUT2D eigenvalue weighted by Gasteiger charge is -2.37. The Hall–Kier alpha value is -6.95. The van der Waals surface area contributed by atoms with E-state index < -0.39 is 72.2 Å². The number of halogens is 4. The van der Waals surface area contributed by atoms with Crippen molar-refractivity contribution in [3.63, 3.8) is 0 Å². The lowest BCUT2D eigenvalue weighted by Crippen LogP contribution is -2.48. The Morgan fingerprint density at radius 2 is 1.07 bits per heavy atom.